The minimum absolute atomic E-state index is 0.0474. The van der Waals surface area contributed by atoms with Crippen molar-refractivity contribution in [3.8, 4) is 0 Å². The number of hydrogen-bond acceptors (Lipinski definition) is 4. The largest absolute Gasteiger partial charge is 0.463 e. The molecule has 0 saturated carbocycles. The summed E-state index contributed by atoms with van der Waals surface area (Å²) in [5.41, 5.74) is 2.29. The van der Waals surface area contributed by atoms with Gasteiger partial charge in [0.1, 0.15) is 0 Å². The molecule has 2 aromatic rings. The third-order valence-corrected chi connectivity index (χ3v) is 3.03. The number of esters is 1. The third kappa shape index (κ3) is 3.35. The molecule has 2 rings (SSSR count). The quantitative estimate of drug-likeness (QED) is 0.619. The van der Waals surface area contributed by atoms with Crippen LogP contribution in [0.2, 0.25) is 0 Å². The van der Waals surface area contributed by atoms with E-state index < -0.39 is 5.97 Å². The van der Waals surface area contributed by atoms with E-state index in [0.717, 1.165) is 5.56 Å². The Morgan fingerprint density at radius 1 is 1.05 bits per heavy atom. The molecule has 0 aliphatic carbocycles. The first-order chi connectivity index (χ1) is 9.60. The van der Waals surface area contributed by atoms with Crippen LogP contribution in [0.15, 0.2) is 40.8 Å². The van der Waals surface area contributed by atoms with Gasteiger partial charge in [-0.2, -0.15) is 0 Å². The molecular weight excluding hydrogens is 256 g/mol. The molecule has 0 radical (unpaired) electrons. The molecule has 0 unspecified atom stereocenters. The summed E-state index contributed by atoms with van der Waals surface area (Å²) in [6.07, 6.45) is 0.991. The molecule has 4 nitrogen and oxygen atoms in total. The van der Waals surface area contributed by atoms with Crippen LogP contribution in [0.3, 0.4) is 0 Å². The van der Waals surface area contributed by atoms with Crippen LogP contribution in [-0.2, 0) is 11.2 Å². The highest BCUT2D eigenvalue weighted by molar-refractivity contribution is 5.95. The number of carbonyl (C=O) groups is 2. The van der Waals surface area contributed by atoms with Crippen molar-refractivity contribution in [3.05, 3.63) is 59.0 Å². The van der Waals surface area contributed by atoms with Gasteiger partial charge in [-0.05, 0) is 31.0 Å². The molecule has 0 bridgehead atoms. The van der Waals surface area contributed by atoms with Crippen LogP contribution in [0.25, 0.3) is 0 Å². The third-order valence-electron chi connectivity index (χ3n) is 3.03. The zero-order valence-corrected chi connectivity index (χ0v) is 11.5. The second-order valence-corrected chi connectivity index (χ2v) is 4.56. The summed E-state index contributed by atoms with van der Waals surface area (Å²) in [6, 6.07) is 11.0. The fourth-order valence-corrected chi connectivity index (χ4v) is 1.83. The van der Waals surface area contributed by atoms with E-state index in [9.17, 15) is 9.59 Å². The van der Waals surface area contributed by atoms with Gasteiger partial charge in [0.15, 0.2) is 11.5 Å². The molecule has 0 atom stereocenters. The normalized spacial score (nSPS) is 10.3. The second-order valence-electron chi connectivity index (χ2n) is 4.56. The molecule has 0 spiro atoms. The van der Waals surface area contributed by atoms with Gasteiger partial charge in [-0.25, -0.2) is 4.79 Å². The van der Waals surface area contributed by atoms with Gasteiger partial charge in [0.25, 0.3) is 0 Å². The Bertz CT molecular complexity index is 608. The number of aryl methyl sites for hydroxylation is 2. The molecule has 0 fully saturated rings. The van der Waals surface area contributed by atoms with E-state index in [-0.39, 0.29) is 17.3 Å². The molecule has 104 valence electrons. The van der Waals surface area contributed by atoms with E-state index in [1.54, 1.807) is 0 Å². The highest BCUT2D eigenvalue weighted by Gasteiger charge is 2.15. The van der Waals surface area contributed by atoms with Gasteiger partial charge in [0, 0.05) is 6.42 Å². The maximum atomic E-state index is 12.0. The number of hydrogen-bond donors (Lipinski definition) is 0. The van der Waals surface area contributed by atoms with Crippen molar-refractivity contribution in [1.82, 2.24) is 0 Å². The number of benzene rings is 1. The Balaban J connectivity index is 1.96. The average Bonchev–Trinajstić information content (AvgIpc) is 2.95. The van der Waals surface area contributed by atoms with E-state index >= 15 is 0 Å². The van der Waals surface area contributed by atoms with Crippen LogP contribution in [0.5, 0.6) is 0 Å². The molecule has 1 aromatic carbocycles. The second kappa shape index (κ2) is 6.19. The van der Waals surface area contributed by atoms with Crippen LogP contribution in [-0.4, -0.2) is 18.9 Å². The van der Waals surface area contributed by atoms with Gasteiger partial charge in [-0.15, -0.1) is 0 Å². The molecule has 0 amide bonds. The first-order valence-corrected chi connectivity index (χ1v) is 6.37. The Morgan fingerprint density at radius 2 is 1.70 bits per heavy atom. The van der Waals surface area contributed by atoms with Crippen molar-refractivity contribution >= 4 is 11.8 Å². The van der Waals surface area contributed by atoms with E-state index in [1.807, 2.05) is 31.2 Å². The van der Waals surface area contributed by atoms with Crippen LogP contribution in [0.4, 0.5) is 0 Å². The van der Waals surface area contributed by atoms with Crippen molar-refractivity contribution in [1.29, 1.82) is 0 Å². The van der Waals surface area contributed by atoms with Gasteiger partial charge in [0.05, 0.1) is 7.11 Å². The summed E-state index contributed by atoms with van der Waals surface area (Å²) in [6.45, 7) is 2.02. The summed E-state index contributed by atoms with van der Waals surface area (Å²) in [7, 11) is 1.27. The maximum absolute atomic E-state index is 12.0. The molecule has 1 heterocycles. The minimum atomic E-state index is -0.581. The molecule has 0 aliphatic rings. The fourth-order valence-electron chi connectivity index (χ4n) is 1.83. The lowest BCUT2D eigenvalue weighted by atomic mass is 10.1. The number of ether oxygens (including phenoxy) is 1. The smallest absolute Gasteiger partial charge is 0.373 e. The molecule has 0 N–H and O–H groups in total. The topological polar surface area (TPSA) is 56.5 Å². The monoisotopic (exact) mass is 272 g/mol. The average molecular weight is 272 g/mol. The van der Waals surface area contributed by atoms with Crippen molar-refractivity contribution in [2.24, 2.45) is 0 Å². The van der Waals surface area contributed by atoms with Crippen molar-refractivity contribution in [2.75, 3.05) is 7.11 Å². The fraction of sp³-hybridized carbons (Fsp3) is 0.250. The summed E-state index contributed by atoms with van der Waals surface area (Å²) < 4.78 is 9.71. The maximum Gasteiger partial charge on any atom is 0.373 e. The molecule has 0 aliphatic heterocycles. The first kappa shape index (κ1) is 14.1. The number of carbonyl (C=O) groups excluding carboxylic acids is 2. The molecule has 1 aromatic heterocycles. The molecule has 0 saturated heterocycles. The summed E-state index contributed by atoms with van der Waals surface area (Å²) in [5.74, 6) is -0.466. The molecule has 20 heavy (non-hydrogen) atoms. The van der Waals surface area contributed by atoms with Crippen LogP contribution in [0.1, 0.15) is 38.7 Å². The number of ketones is 1. The number of furan rings is 1. The van der Waals surface area contributed by atoms with Gasteiger partial charge in [0.2, 0.25) is 5.76 Å². The Hall–Kier alpha value is -2.36. The van der Waals surface area contributed by atoms with Crippen LogP contribution >= 0.6 is 0 Å². The number of rotatable bonds is 5. The predicted molar refractivity (Wildman–Crippen MR) is 73.9 cm³/mol. The van der Waals surface area contributed by atoms with Crippen LogP contribution in [0, 0.1) is 6.92 Å². The number of methoxy groups -OCH3 is 1. The van der Waals surface area contributed by atoms with Crippen LogP contribution < -0.4 is 0 Å². The highest BCUT2D eigenvalue weighted by Crippen LogP contribution is 2.13. The summed E-state index contributed by atoms with van der Waals surface area (Å²) in [4.78, 5) is 23.2. The van der Waals surface area contributed by atoms with Gasteiger partial charge >= 0.3 is 5.97 Å². The van der Waals surface area contributed by atoms with Gasteiger partial charge in [-0.1, -0.05) is 29.8 Å². The zero-order valence-electron chi connectivity index (χ0n) is 11.5. The van der Waals surface area contributed by atoms with Gasteiger partial charge in [-0.3, -0.25) is 4.79 Å². The lowest BCUT2D eigenvalue weighted by Gasteiger charge is -2.00. The highest BCUT2D eigenvalue weighted by atomic mass is 16.5. The minimum Gasteiger partial charge on any atom is -0.463 e. The zero-order chi connectivity index (χ0) is 14.5. The summed E-state index contributed by atoms with van der Waals surface area (Å²) >= 11 is 0. The molecule has 4 heteroatoms. The van der Waals surface area contributed by atoms with Crippen molar-refractivity contribution in [2.45, 2.75) is 19.8 Å². The van der Waals surface area contributed by atoms with E-state index in [0.29, 0.717) is 12.8 Å². The van der Waals surface area contributed by atoms with E-state index in [4.69, 9.17) is 4.42 Å². The number of Topliss-reactive ketones (excluding diaryl/α,β-unsaturated/α-hetero) is 1. The Labute approximate surface area is 117 Å². The lowest BCUT2D eigenvalue weighted by Crippen LogP contribution is -2.01. The Morgan fingerprint density at radius 3 is 2.35 bits per heavy atom. The first-order valence-electron chi connectivity index (χ1n) is 6.37. The lowest BCUT2D eigenvalue weighted by molar-refractivity contribution is 0.0563. The van der Waals surface area contributed by atoms with E-state index in [2.05, 4.69) is 4.74 Å². The molecular formula is C16H16O4. The van der Waals surface area contributed by atoms with Gasteiger partial charge < -0.3 is 9.15 Å². The standard InChI is InChI=1S/C16H16O4/c1-11-3-5-12(6-4-11)7-8-13(17)14-9-10-15(20-14)16(18)19-2/h3-6,9-10H,7-8H2,1-2H3. The summed E-state index contributed by atoms with van der Waals surface area (Å²) in [5, 5.41) is 0. The Kier molecular flexibility index (Phi) is 4.35. The predicted octanol–water partition coefficient (Wildman–Crippen LogP) is 3.19. The van der Waals surface area contributed by atoms with Crippen molar-refractivity contribution < 1.29 is 18.7 Å². The van der Waals surface area contributed by atoms with E-state index in [1.165, 1.54) is 24.8 Å². The van der Waals surface area contributed by atoms with Crippen molar-refractivity contribution in [3.63, 3.8) is 0 Å². The SMILES string of the molecule is COC(=O)c1ccc(C(=O)CCc2ccc(C)cc2)o1.